The molecule has 2 N–H and O–H groups in total. The Balaban J connectivity index is 2.93. The second-order valence-electron chi connectivity index (χ2n) is 4.64. The van der Waals surface area contributed by atoms with Crippen LogP contribution < -0.4 is 5.32 Å². The van der Waals surface area contributed by atoms with Crippen LogP contribution in [0.15, 0.2) is 18.2 Å². The molecule has 0 spiro atoms. The van der Waals surface area contributed by atoms with Gasteiger partial charge >= 0.3 is 0 Å². The zero-order valence-electron chi connectivity index (χ0n) is 11.1. The third kappa shape index (κ3) is 3.64. The van der Waals surface area contributed by atoms with E-state index in [1.165, 1.54) is 0 Å². The molecule has 0 aliphatic carbocycles. The summed E-state index contributed by atoms with van der Waals surface area (Å²) in [7, 11) is 0. The van der Waals surface area contributed by atoms with Gasteiger partial charge < -0.3 is 10.4 Å². The van der Waals surface area contributed by atoms with Gasteiger partial charge in [-0.15, -0.1) is 0 Å². The van der Waals surface area contributed by atoms with E-state index in [4.69, 9.17) is 0 Å². The molecule has 0 unspecified atom stereocenters. The number of hydrogen-bond acceptors (Lipinski definition) is 4. The number of halogens is 1. The number of nitro groups is 1. The maximum atomic E-state index is 13.2. The van der Waals surface area contributed by atoms with E-state index >= 15 is 0 Å². The van der Waals surface area contributed by atoms with Gasteiger partial charge in [0.05, 0.1) is 11.5 Å². The molecule has 106 valence electrons. The third-order valence-corrected chi connectivity index (χ3v) is 3.64. The predicted octanol–water partition coefficient (Wildman–Crippen LogP) is 2.94. The summed E-state index contributed by atoms with van der Waals surface area (Å²) in [6.07, 6.45) is 1.46. The third-order valence-electron chi connectivity index (χ3n) is 3.64. The quantitative estimate of drug-likeness (QED) is 0.590. The smallest absolute Gasteiger partial charge is 0.292 e. The van der Waals surface area contributed by atoms with Crippen LogP contribution >= 0.6 is 0 Å². The van der Waals surface area contributed by atoms with Gasteiger partial charge in [-0.25, -0.2) is 4.39 Å². The molecule has 5 nitrogen and oxygen atoms in total. The fourth-order valence-electron chi connectivity index (χ4n) is 1.87. The largest absolute Gasteiger partial charge is 0.396 e. The summed E-state index contributed by atoms with van der Waals surface area (Å²) in [4.78, 5) is 10.3. The van der Waals surface area contributed by atoms with Gasteiger partial charge in [-0.1, -0.05) is 13.8 Å². The van der Waals surface area contributed by atoms with Gasteiger partial charge in [-0.2, -0.15) is 0 Å². The molecule has 0 bridgehead atoms. The lowest BCUT2D eigenvalue weighted by Crippen LogP contribution is -2.32. The molecule has 0 saturated carbocycles. The number of nitro benzene ring substituents is 1. The van der Waals surface area contributed by atoms with Crippen molar-refractivity contribution in [3.63, 3.8) is 0 Å². The van der Waals surface area contributed by atoms with Crippen LogP contribution in [0.25, 0.3) is 0 Å². The van der Waals surface area contributed by atoms with E-state index in [1.807, 2.05) is 13.8 Å². The first-order valence-electron chi connectivity index (χ1n) is 6.26. The molecule has 1 aromatic carbocycles. The number of aliphatic hydroxyl groups is 1. The van der Waals surface area contributed by atoms with Crippen molar-refractivity contribution in [3.05, 3.63) is 34.1 Å². The van der Waals surface area contributed by atoms with Crippen molar-refractivity contribution in [2.24, 2.45) is 5.41 Å². The molecule has 0 atom stereocenters. The van der Waals surface area contributed by atoms with Crippen LogP contribution in [0.2, 0.25) is 0 Å². The molecule has 1 rings (SSSR count). The van der Waals surface area contributed by atoms with Crippen LogP contribution in [0.3, 0.4) is 0 Å². The summed E-state index contributed by atoms with van der Waals surface area (Å²) in [5.41, 5.74) is -0.370. The lowest BCUT2D eigenvalue weighted by molar-refractivity contribution is -0.384. The summed E-state index contributed by atoms with van der Waals surface area (Å²) >= 11 is 0. The first-order valence-corrected chi connectivity index (χ1v) is 6.26. The highest BCUT2D eigenvalue weighted by Crippen LogP contribution is 2.29. The van der Waals surface area contributed by atoms with Crippen molar-refractivity contribution in [2.45, 2.75) is 26.7 Å². The Bertz CT molecular complexity index is 439. The fourth-order valence-corrected chi connectivity index (χ4v) is 1.87. The molecular formula is C13H19FN2O3. The van der Waals surface area contributed by atoms with Gasteiger partial charge in [0, 0.05) is 24.1 Å². The van der Waals surface area contributed by atoms with Crippen LogP contribution in [0.4, 0.5) is 15.8 Å². The predicted molar refractivity (Wildman–Crippen MR) is 71.6 cm³/mol. The van der Waals surface area contributed by atoms with E-state index in [0.717, 1.165) is 31.0 Å². The number of aliphatic hydroxyl groups excluding tert-OH is 1. The molecule has 6 heteroatoms. The Morgan fingerprint density at radius 1 is 1.42 bits per heavy atom. The Kier molecular flexibility index (Phi) is 5.23. The molecule has 0 amide bonds. The van der Waals surface area contributed by atoms with Crippen molar-refractivity contribution >= 4 is 11.4 Å². The molecule has 0 aliphatic heterocycles. The zero-order chi connectivity index (χ0) is 14.5. The molecule has 0 fully saturated rings. The first-order chi connectivity index (χ1) is 8.98. The molecular weight excluding hydrogens is 251 g/mol. The second kappa shape index (κ2) is 6.47. The average molecular weight is 270 g/mol. The maximum Gasteiger partial charge on any atom is 0.292 e. The Hall–Kier alpha value is -1.69. The minimum Gasteiger partial charge on any atom is -0.396 e. The van der Waals surface area contributed by atoms with Gasteiger partial charge in [0.15, 0.2) is 0 Å². The Morgan fingerprint density at radius 2 is 2.05 bits per heavy atom. The van der Waals surface area contributed by atoms with Crippen LogP contribution in [0.1, 0.15) is 26.7 Å². The molecule has 0 heterocycles. The van der Waals surface area contributed by atoms with E-state index < -0.39 is 10.7 Å². The Morgan fingerprint density at radius 3 is 2.53 bits per heavy atom. The first kappa shape index (κ1) is 15.4. The van der Waals surface area contributed by atoms with Crippen molar-refractivity contribution in [2.75, 3.05) is 18.5 Å². The monoisotopic (exact) mass is 270 g/mol. The highest BCUT2D eigenvalue weighted by atomic mass is 19.1. The number of nitrogens with zero attached hydrogens (tertiary/aromatic N) is 1. The summed E-state index contributed by atoms with van der Waals surface area (Å²) < 4.78 is 13.2. The summed E-state index contributed by atoms with van der Waals surface area (Å²) in [5.74, 6) is -0.532. The van der Waals surface area contributed by atoms with Crippen molar-refractivity contribution in [1.29, 1.82) is 0 Å². The second-order valence-corrected chi connectivity index (χ2v) is 4.64. The topological polar surface area (TPSA) is 75.4 Å². The molecule has 1 aromatic rings. The minimum absolute atomic E-state index is 0.0177. The summed E-state index contributed by atoms with van der Waals surface area (Å²) in [6, 6.07) is 3.30. The highest BCUT2D eigenvalue weighted by molar-refractivity contribution is 5.61. The van der Waals surface area contributed by atoms with Crippen LogP contribution in [0, 0.1) is 21.3 Å². The average Bonchev–Trinajstić information content (AvgIpc) is 2.40. The van der Waals surface area contributed by atoms with E-state index in [-0.39, 0.29) is 23.4 Å². The van der Waals surface area contributed by atoms with Gasteiger partial charge in [-0.05, 0) is 18.9 Å². The zero-order valence-corrected chi connectivity index (χ0v) is 11.1. The summed E-state index contributed by atoms with van der Waals surface area (Å²) in [5, 5.41) is 23.2. The SMILES string of the molecule is CCC(CC)(CO)CNc1cc(F)ccc1[N+](=O)[O-]. The van der Waals surface area contributed by atoms with E-state index in [9.17, 15) is 19.6 Å². The van der Waals surface area contributed by atoms with Crippen LogP contribution in [-0.2, 0) is 0 Å². The van der Waals surface area contributed by atoms with Gasteiger partial charge in [0.25, 0.3) is 5.69 Å². The number of rotatable bonds is 7. The number of hydrogen-bond donors (Lipinski definition) is 2. The fraction of sp³-hybridized carbons (Fsp3) is 0.538. The van der Waals surface area contributed by atoms with Gasteiger partial charge in [0.2, 0.25) is 0 Å². The van der Waals surface area contributed by atoms with E-state index in [1.54, 1.807) is 0 Å². The Labute approximate surface area is 111 Å². The number of nitrogens with one attached hydrogen (secondary N) is 1. The van der Waals surface area contributed by atoms with Crippen molar-refractivity contribution in [3.8, 4) is 0 Å². The molecule has 0 saturated heterocycles. The molecule has 0 radical (unpaired) electrons. The van der Waals surface area contributed by atoms with Gasteiger partial charge in [-0.3, -0.25) is 10.1 Å². The van der Waals surface area contributed by atoms with E-state index in [0.29, 0.717) is 6.54 Å². The lowest BCUT2D eigenvalue weighted by atomic mass is 9.83. The lowest BCUT2D eigenvalue weighted by Gasteiger charge is -2.29. The minimum atomic E-state index is -0.555. The number of benzene rings is 1. The van der Waals surface area contributed by atoms with Crippen molar-refractivity contribution < 1.29 is 14.4 Å². The molecule has 19 heavy (non-hydrogen) atoms. The maximum absolute atomic E-state index is 13.2. The van der Waals surface area contributed by atoms with Gasteiger partial charge in [0.1, 0.15) is 11.5 Å². The van der Waals surface area contributed by atoms with E-state index in [2.05, 4.69) is 5.32 Å². The number of anilines is 1. The van der Waals surface area contributed by atoms with Crippen LogP contribution in [-0.4, -0.2) is 23.2 Å². The normalized spacial score (nSPS) is 11.4. The van der Waals surface area contributed by atoms with Crippen molar-refractivity contribution in [1.82, 2.24) is 0 Å². The highest BCUT2D eigenvalue weighted by Gasteiger charge is 2.26. The van der Waals surface area contributed by atoms with Crippen LogP contribution in [0.5, 0.6) is 0 Å². The molecule has 0 aliphatic rings. The molecule has 0 aromatic heterocycles. The summed E-state index contributed by atoms with van der Waals surface area (Å²) in [6.45, 7) is 4.24. The standard InChI is InChI=1S/C13H19FN2O3/c1-3-13(4-2,9-17)8-15-11-7-10(14)5-6-12(11)16(18)19/h5-7,15,17H,3-4,8-9H2,1-2H3.